The smallest absolute Gasteiger partial charge is 0.306 e. The zero-order chi connectivity index (χ0) is 19.8. The molecule has 0 aliphatic heterocycles. The molecule has 7 nitrogen and oxygen atoms in total. The van der Waals surface area contributed by atoms with Crippen LogP contribution in [0.4, 0.5) is 5.82 Å². The van der Waals surface area contributed by atoms with Crippen molar-refractivity contribution in [3.05, 3.63) is 70.6 Å². The molecule has 4 aromatic rings. The monoisotopic (exact) mass is 387 g/mol. The third-order valence-electron chi connectivity index (χ3n) is 5.57. The fourth-order valence-electron chi connectivity index (χ4n) is 4.14. The van der Waals surface area contributed by atoms with Crippen LogP contribution in [0.1, 0.15) is 42.1 Å². The molecule has 29 heavy (non-hydrogen) atoms. The number of anilines is 1. The van der Waals surface area contributed by atoms with Gasteiger partial charge < -0.3 is 10.3 Å². The quantitative estimate of drug-likeness (QED) is 0.492. The summed E-state index contributed by atoms with van der Waals surface area (Å²) in [7, 11) is 0. The minimum atomic E-state index is -0.271. The maximum atomic E-state index is 12.7. The molecule has 2 aromatic carbocycles. The maximum absolute atomic E-state index is 12.7. The van der Waals surface area contributed by atoms with Crippen molar-refractivity contribution in [3.8, 4) is 11.3 Å². The average molecular weight is 387 g/mol. The van der Waals surface area contributed by atoms with Crippen molar-refractivity contribution in [3.63, 3.8) is 0 Å². The summed E-state index contributed by atoms with van der Waals surface area (Å²) in [5.74, 6) is 0.179. The second-order valence-corrected chi connectivity index (χ2v) is 7.46. The van der Waals surface area contributed by atoms with E-state index in [0.717, 1.165) is 42.5 Å². The van der Waals surface area contributed by atoms with Gasteiger partial charge in [0.25, 0.3) is 5.91 Å². The molecule has 7 heteroatoms. The van der Waals surface area contributed by atoms with Crippen LogP contribution in [0.2, 0.25) is 0 Å². The lowest BCUT2D eigenvalue weighted by Crippen LogP contribution is -2.20. The maximum Gasteiger partial charge on any atom is 0.326 e. The van der Waals surface area contributed by atoms with E-state index in [0.29, 0.717) is 16.9 Å². The molecule has 0 atom stereocenters. The van der Waals surface area contributed by atoms with Crippen molar-refractivity contribution in [2.24, 2.45) is 0 Å². The Morgan fingerprint density at radius 3 is 2.66 bits per heavy atom. The van der Waals surface area contributed by atoms with Crippen LogP contribution in [-0.2, 0) is 0 Å². The summed E-state index contributed by atoms with van der Waals surface area (Å²) in [6.07, 6.45) is 4.35. The minimum absolute atomic E-state index is 0.107. The summed E-state index contributed by atoms with van der Waals surface area (Å²) < 4.78 is 1.84. The molecule has 5 rings (SSSR count). The molecule has 2 aromatic heterocycles. The third-order valence-corrected chi connectivity index (χ3v) is 5.57. The number of hydrogen-bond acceptors (Lipinski definition) is 3. The van der Waals surface area contributed by atoms with Gasteiger partial charge in [-0.15, -0.1) is 0 Å². The number of fused-ring (bicyclic) bond motifs is 1. The highest BCUT2D eigenvalue weighted by molar-refractivity contribution is 6.05. The largest absolute Gasteiger partial charge is 0.326 e. The topological polar surface area (TPSA) is 95.6 Å². The van der Waals surface area contributed by atoms with E-state index in [1.54, 1.807) is 18.2 Å². The second kappa shape index (κ2) is 7.09. The first-order valence-corrected chi connectivity index (χ1v) is 9.85. The lowest BCUT2D eigenvalue weighted by atomic mass is 10.1. The molecule has 1 saturated carbocycles. The molecular formula is C22H21N5O2. The Bertz CT molecular complexity index is 1230. The lowest BCUT2D eigenvalue weighted by molar-refractivity contribution is 0.102. The Hall–Kier alpha value is -3.61. The van der Waals surface area contributed by atoms with Gasteiger partial charge in [-0.05, 0) is 36.6 Å². The molecule has 1 aliphatic rings. The first-order valence-electron chi connectivity index (χ1n) is 9.85. The molecule has 3 N–H and O–H groups in total. The lowest BCUT2D eigenvalue weighted by Gasteiger charge is -2.11. The number of nitrogens with one attached hydrogen (secondary N) is 3. The Morgan fingerprint density at radius 2 is 1.86 bits per heavy atom. The van der Waals surface area contributed by atoms with E-state index in [4.69, 9.17) is 0 Å². The van der Waals surface area contributed by atoms with E-state index in [-0.39, 0.29) is 17.6 Å². The van der Waals surface area contributed by atoms with Gasteiger partial charge in [-0.1, -0.05) is 43.2 Å². The summed E-state index contributed by atoms with van der Waals surface area (Å²) in [4.78, 5) is 28.0. The molecule has 146 valence electrons. The van der Waals surface area contributed by atoms with Gasteiger partial charge in [0.05, 0.1) is 16.7 Å². The summed E-state index contributed by atoms with van der Waals surface area (Å²) in [6, 6.07) is 17.1. The van der Waals surface area contributed by atoms with Crippen molar-refractivity contribution >= 4 is 22.8 Å². The van der Waals surface area contributed by atoms with Crippen LogP contribution in [0.25, 0.3) is 22.3 Å². The Labute approximate surface area is 166 Å². The summed E-state index contributed by atoms with van der Waals surface area (Å²) >= 11 is 0. The van der Waals surface area contributed by atoms with Gasteiger partial charge in [-0.3, -0.25) is 14.5 Å². The Morgan fingerprint density at radius 1 is 1.07 bits per heavy atom. The van der Waals surface area contributed by atoms with Gasteiger partial charge in [0.2, 0.25) is 0 Å². The van der Waals surface area contributed by atoms with Gasteiger partial charge in [-0.25, -0.2) is 4.79 Å². The molecule has 1 amide bonds. The minimum Gasteiger partial charge on any atom is -0.306 e. The number of nitrogens with zero attached hydrogens (tertiary/aromatic N) is 2. The van der Waals surface area contributed by atoms with Crippen molar-refractivity contribution < 1.29 is 4.79 Å². The highest BCUT2D eigenvalue weighted by atomic mass is 16.2. The van der Waals surface area contributed by atoms with E-state index in [1.807, 2.05) is 41.0 Å². The summed E-state index contributed by atoms with van der Waals surface area (Å²) in [5, 5.41) is 9.92. The zero-order valence-electron chi connectivity index (χ0n) is 15.8. The van der Waals surface area contributed by atoms with Crippen molar-refractivity contribution in [2.75, 3.05) is 5.32 Å². The second-order valence-electron chi connectivity index (χ2n) is 7.46. The predicted octanol–water partition coefficient (Wildman–Crippen LogP) is 4.09. The molecule has 0 saturated heterocycles. The fourth-order valence-corrected chi connectivity index (χ4v) is 4.14. The molecule has 0 spiro atoms. The van der Waals surface area contributed by atoms with Crippen LogP contribution in [0.15, 0.2) is 59.4 Å². The van der Waals surface area contributed by atoms with Crippen LogP contribution >= 0.6 is 0 Å². The van der Waals surface area contributed by atoms with Gasteiger partial charge >= 0.3 is 5.69 Å². The third kappa shape index (κ3) is 3.24. The van der Waals surface area contributed by atoms with E-state index >= 15 is 0 Å². The Balaban J connectivity index is 1.39. The highest BCUT2D eigenvalue weighted by Gasteiger charge is 2.21. The molecule has 0 unspecified atom stereocenters. The molecule has 1 aliphatic carbocycles. The normalized spacial score (nSPS) is 14.5. The Kier molecular flexibility index (Phi) is 4.27. The van der Waals surface area contributed by atoms with E-state index in [1.165, 1.54) is 0 Å². The van der Waals surface area contributed by atoms with Crippen LogP contribution in [0, 0.1) is 0 Å². The standard InChI is InChI=1S/C22H21N5O2/c28-21(24-20-13-17(25-26-20)14-6-2-1-3-7-14)15-10-11-19-18(12-15)23-22(29)27(19)16-8-4-5-9-16/h1-3,6-7,10-13,16H,4-5,8-9H2,(H,23,29)(H2,24,25,26,28). The number of hydrogen-bond donors (Lipinski definition) is 3. The highest BCUT2D eigenvalue weighted by Crippen LogP contribution is 2.30. The van der Waals surface area contributed by atoms with Crippen molar-refractivity contribution in [1.82, 2.24) is 19.7 Å². The predicted molar refractivity (Wildman–Crippen MR) is 112 cm³/mol. The number of aromatic amines is 2. The number of rotatable bonds is 4. The number of imidazole rings is 1. The van der Waals surface area contributed by atoms with E-state index in [9.17, 15) is 9.59 Å². The summed E-state index contributed by atoms with van der Waals surface area (Å²) in [6.45, 7) is 0. The number of H-pyrrole nitrogens is 2. The van der Waals surface area contributed by atoms with Crippen LogP contribution in [0.5, 0.6) is 0 Å². The van der Waals surface area contributed by atoms with E-state index < -0.39 is 0 Å². The number of carbonyl (C=O) groups excluding carboxylic acids is 1. The first kappa shape index (κ1) is 17.5. The van der Waals surface area contributed by atoms with Crippen LogP contribution in [0.3, 0.4) is 0 Å². The van der Waals surface area contributed by atoms with Gasteiger partial charge in [0.1, 0.15) is 0 Å². The SMILES string of the molecule is O=C(Nc1cc(-c2ccccc2)[nH]n1)c1ccc2c(c1)[nH]c(=O)n2C1CCCC1. The van der Waals surface area contributed by atoms with E-state index in [2.05, 4.69) is 20.5 Å². The number of amides is 1. The number of carbonyl (C=O) groups is 1. The number of aromatic nitrogens is 4. The van der Waals surface area contributed by atoms with Gasteiger partial charge in [-0.2, -0.15) is 5.10 Å². The van der Waals surface area contributed by atoms with Crippen LogP contribution < -0.4 is 11.0 Å². The van der Waals surface area contributed by atoms with Gasteiger partial charge in [0, 0.05) is 17.7 Å². The molecule has 0 radical (unpaired) electrons. The number of benzene rings is 2. The first-order chi connectivity index (χ1) is 14.2. The van der Waals surface area contributed by atoms with Crippen LogP contribution in [-0.4, -0.2) is 25.7 Å². The summed E-state index contributed by atoms with van der Waals surface area (Å²) in [5.41, 5.74) is 3.72. The van der Waals surface area contributed by atoms with Crippen molar-refractivity contribution in [1.29, 1.82) is 0 Å². The fraction of sp³-hybridized carbons (Fsp3) is 0.227. The van der Waals surface area contributed by atoms with Crippen molar-refractivity contribution in [2.45, 2.75) is 31.7 Å². The molecular weight excluding hydrogens is 366 g/mol. The van der Waals surface area contributed by atoms with Gasteiger partial charge in [0.15, 0.2) is 5.82 Å². The molecule has 2 heterocycles. The molecule has 1 fully saturated rings. The average Bonchev–Trinajstić information content (AvgIpc) is 3.47. The zero-order valence-corrected chi connectivity index (χ0v) is 15.8. The molecule has 0 bridgehead atoms.